The third-order valence-electron chi connectivity index (χ3n) is 4.60. The Labute approximate surface area is 143 Å². The number of amides is 3. The van der Waals surface area contributed by atoms with Crippen LogP contribution < -0.4 is 20.4 Å². The van der Waals surface area contributed by atoms with Crippen molar-refractivity contribution in [3.63, 3.8) is 0 Å². The van der Waals surface area contributed by atoms with Gasteiger partial charge in [-0.25, -0.2) is 9.18 Å². The minimum absolute atomic E-state index is 0.210. The molecule has 1 aromatic carbocycles. The molecule has 0 bridgehead atoms. The minimum Gasteiger partial charge on any atom is -0.368 e. The van der Waals surface area contributed by atoms with Crippen molar-refractivity contribution in [1.29, 1.82) is 0 Å². The van der Waals surface area contributed by atoms with Crippen molar-refractivity contribution >= 4 is 34.1 Å². The monoisotopic (exact) mass is 343 g/mol. The summed E-state index contributed by atoms with van der Waals surface area (Å²) >= 11 is 0. The Bertz CT molecular complexity index is 850. The van der Waals surface area contributed by atoms with Gasteiger partial charge in [0.15, 0.2) is 0 Å². The number of fused-ring (bicyclic) bond motifs is 1. The van der Waals surface area contributed by atoms with Gasteiger partial charge in [-0.2, -0.15) is 0 Å². The van der Waals surface area contributed by atoms with Crippen molar-refractivity contribution in [3.8, 4) is 0 Å². The maximum atomic E-state index is 14.3. The second-order valence-corrected chi connectivity index (χ2v) is 6.17. The van der Waals surface area contributed by atoms with Crippen LogP contribution in [0, 0.1) is 5.82 Å². The Morgan fingerprint density at radius 1 is 1.00 bits per heavy atom. The van der Waals surface area contributed by atoms with Crippen LogP contribution in [0.25, 0.3) is 10.8 Å². The van der Waals surface area contributed by atoms with Crippen LogP contribution in [-0.4, -0.2) is 49.6 Å². The van der Waals surface area contributed by atoms with E-state index in [0.717, 1.165) is 37.3 Å². The zero-order chi connectivity index (χ0) is 17.4. The number of halogens is 1. The fourth-order valence-corrected chi connectivity index (χ4v) is 3.38. The Kier molecular flexibility index (Phi) is 3.96. The van der Waals surface area contributed by atoms with Crippen molar-refractivity contribution in [2.45, 2.75) is 6.42 Å². The van der Waals surface area contributed by atoms with Gasteiger partial charge in [0.05, 0.1) is 11.9 Å². The molecule has 2 fully saturated rings. The highest BCUT2D eigenvalue weighted by atomic mass is 19.1. The lowest BCUT2D eigenvalue weighted by atomic mass is 10.1. The maximum Gasteiger partial charge on any atom is 0.328 e. The molecule has 0 radical (unpaired) electrons. The first-order valence-corrected chi connectivity index (χ1v) is 8.28. The number of hydrogen-bond donors (Lipinski definition) is 2. The number of rotatable bonds is 2. The van der Waals surface area contributed by atoms with Crippen molar-refractivity contribution in [1.82, 2.24) is 15.6 Å². The molecule has 8 heteroatoms. The molecule has 2 aromatic rings. The van der Waals surface area contributed by atoms with Gasteiger partial charge >= 0.3 is 6.03 Å². The number of carbonyl (C=O) groups excluding carboxylic acids is 2. The van der Waals surface area contributed by atoms with Gasteiger partial charge in [-0.3, -0.25) is 20.0 Å². The number of anilines is 2. The number of imide groups is 1. The average Bonchev–Trinajstić information content (AvgIpc) is 2.62. The first-order valence-electron chi connectivity index (χ1n) is 8.28. The molecule has 3 amide bonds. The van der Waals surface area contributed by atoms with Crippen LogP contribution in [0.2, 0.25) is 0 Å². The Morgan fingerprint density at radius 3 is 2.56 bits per heavy atom. The highest BCUT2D eigenvalue weighted by Crippen LogP contribution is 2.34. The lowest BCUT2D eigenvalue weighted by molar-refractivity contribution is -0.120. The third kappa shape index (κ3) is 2.89. The highest BCUT2D eigenvalue weighted by molar-refractivity contribution is 6.11. The summed E-state index contributed by atoms with van der Waals surface area (Å²) in [5, 5.41) is 6.98. The quantitative estimate of drug-likeness (QED) is 0.858. The van der Waals surface area contributed by atoms with E-state index in [1.807, 2.05) is 0 Å². The van der Waals surface area contributed by atoms with Crippen molar-refractivity contribution in [2.75, 3.05) is 42.5 Å². The number of hydrogen-bond acceptors (Lipinski definition) is 5. The molecular formula is C17H18FN5O2. The average molecular weight is 343 g/mol. The molecule has 2 saturated heterocycles. The fraction of sp³-hybridized carbons (Fsp3) is 0.353. The summed E-state index contributed by atoms with van der Waals surface area (Å²) in [5.74, 6) is -0.663. The van der Waals surface area contributed by atoms with E-state index in [1.165, 1.54) is 17.0 Å². The fourth-order valence-electron chi connectivity index (χ4n) is 3.38. The van der Waals surface area contributed by atoms with Crippen molar-refractivity contribution in [3.05, 3.63) is 30.3 Å². The number of nitrogens with one attached hydrogen (secondary N) is 2. The van der Waals surface area contributed by atoms with Crippen LogP contribution >= 0.6 is 0 Å². The molecule has 1 aromatic heterocycles. The summed E-state index contributed by atoms with van der Waals surface area (Å²) in [6.45, 7) is 3.48. The minimum atomic E-state index is -0.501. The van der Waals surface area contributed by atoms with Crippen molar-refractivity contribution in [2.24, 2.45) is 0 Å². The molecule has 25 heavy (non-hydrogen) atoms. The van der Waals surface area contributed by atoms with E-state index in [-0.39, 0.29) is 24.7 Å². The molecule has 0 atom stereocenters. The maximum absolute atomic E-state index is 14.3. The molecule has 2 N–H and O–H groups in total. The SMILES string of the molecule is O=C1CCN(c2cncc3c(N4CCNCC4)cc(F)cc23)C(=O)N1. The van der Waals surface area contributed by atoms with Crippen LogP contribution in [0.1, 0.15) is 6.42 Å². The third-order valence-corrected chi connectivity index (χ3v) is 4.60. The van der Waals surface area contributed by atoms with Gasteiger partial charge in [0, 0.05) is 61.8 Å². The zero-order valence-electron chi connectivity index (χ0n) is 13.6. The summed E-state index contributed by atoms with van der Waals surface area (Å²) in [4.78, 5) is 31.4. The number of piperazine rings is 1. The van der Waals surface area contributed by atoms with Crippen molar-refractivity contribution < 1.29 is 14.0 Å². The van der Waals surface area contributed by atoms with Gasteiger partial charge < -0.3 is 10.2 Å². The van der Waals surface area contributed by atoms with Crippen LogP contribution in [-0.2, 0) is 4.79 Å². The van der Waals surface area contributed by atoms with E-state index in [0.29, 0.717) is 11.1 Å². The number of urea groups is 1. The molecule has 0 aliphatic carbocycles. The molecule has 130 valence electrons. The van der Waals surface area contributed by atoms with Crippen LogP contribution in [0.3, 0.4) is 0 Å². The Hall–Kier alpha value is -2.74. The molecule has 0 saturated carbocycles. The smallest absolute Gasteiger partial charge is 0.328 e. The molecule has 3 heterocycles. The second-order valence-electron chi connectivity index (χ2n) is 6.17. The topological polar surface area (TPSA) is 77.6 Å². The largest absolute Gasteiger partial charge is 0.368 e. The van der Waals surface area contributed by atoms with Crippen LogP contribution in [0.5, 0.6) is 0 Å². The van der Waals surface area contributed by atoms with E-state index in [1.54, 1.807) is 12.4 Å². The summed E-state index contributed by atoms with van der Waals surface area (Å²) in [5.41, 5.74) is 1.29. The van der Waals surface area contributed by atoms with E-state index in [2.05, 4.69) is 20.5 Å². The van der Waals surface area contributed by atoms with Gasteiger partial charge in [0.25, 0.3) is 0 Å². The lowest BCUT2D eigenvalue weighted by Crippen LogP contribution is -2.49. The second kappa shape index (κ2) is 6.29. The molecule has 2 aliphatic heterocycles. The van der Waals surface area contributed by atoms with E-state index >= 15 is 0 Å². The highest BCUT2D eigenvalue weighted by Gasteiger charge is 2.26. The molecular weight excluding hydrogens is 325 g/mol. The summed E-state index contributed by atoms with van der Waals surface area (Å²) < 4.78 is 14.3. The van der Waals surface area contributed by atoms with Gasteiger partial charge in [0.1, 0.15) is 5.82 Å². The number of pyridine rings is 1. The molecule has 4 rings (SSSR count). The first-order chi connectivity index (χ1) is 12.1. The zero-order valence-corrected chi connectivity index (χ0v) is 13.6. The molecule has 2 aliphatic rings. The van der Waals surface area contributed by atoms with E-state index in [4.69, 9.17) is 0 Å². The Morgan fingerprint density at radius 2 is 1.80 bits per heavy atom. The van der Waals surface area contributed by atoms with Gasteiger partial charge in [-0.15, -0.1) is 0 Å². The predicted octanol–water partition coefficient (Wildman–Crippen LogP) is 1.23. The predicted molar refractivity (Wildman–Crippen MR) is 92.3 cm³/mol. The van der Waals surface area contributed by atoms with Gasteiger partial charge in [0.2, 0.25) is 5.91 Å². The summed E-state index contributed by atoms with van der Waals surface area (Å²) in [7, 11) is 0. The van der Waals surface area contributed by atoms with Gasteiger partial charge in [-0.05, 0) is 12.1 Å². The lowest BCUT2D eigenvalue weighted by Gasteiger charge is -2.31. The molecule has 7 nitrogen and oxygen atoms in total. The summed E-state index contributed by atoms with van der Waals surface area (Å²) in [6, 6.07) is 2.43. The number of aromatic nitrogens is 1. The van der Waals surface area contributed by atoms with Crippen LogP contribution in [0.15, 0.2) is 24.5 Å². The summed E-state index contributed by atoms with van der Waals surface area (Å²) in [6.07, 6.45) is 3.45. The number of benzene rings is 1. The van der Waals surface area contributed by atoms with E-state index in [9.17, 15) is 14.0 Å². The normalized spacial score (nSPS) is 18.6. The standard InChI is InChI=1S/C17H18FN5O2/c18-11-7-12-13(14(8-11)22-5-2-19-3-6-22)9-20-10-15(12)23-4-1-16(24)21-17(23)25/h7-10,19H,1-6H2,(H,21,24,25). The molecule has 0 spiro atoms. The van der Waals surface area contributed by atoms with E-state index < -0.39 is 6.03 Å². The Balaban J connectivity index is 1.82. The molecule has 0 unspecified atom stereocenters. The number of carbonyl (C=O) groups is 2. The van der Waals surface area contributed by atoms with Gasteiger partial charge in [-0.1, -0.05) is 0 Å². The van der Waals surface area contributed by atoms with Crippen LogP contribution in [0.4, 0.5) is 20.6 Å². The number of nitrogens with zero attached hydrogens (tertiary/aromatic N) is 3. The first kappa shape index (κ1) is 15.8.